The third-order valence-corrected chi connectivity index (χ3v) is 2.88. The largest absolute Gasteiger partial charge is 0.444 e. The topological polar surface area (TPSA) is 84.6 Å². The van der Waals surface area contributed by atoms with Gasteiger partial charge in [0.25, 0.3) is 0 Å². The zero-order chi connectivity index (χ0) is 15.6. The van der Waals surface area contributed by atoms with Gasteiger partial charge < -0.3 is 15.6 Å². The second-order valence-corrected chi connectivity index (χ2v) is 6.30. The first-order valence-electron chi connectivity index (χ1n) is 6.25. The molecule has 0 spiro atoms. The molecule has 5 nitrogen and oxygen atoms in total. The molecule has 1 rings (SSSR count). The molecule has 0 aromatic heterocycles. The number of amides is 1. The van der Waals surface area contributed by atoms with Gasteiger partial charge in [0, 0.05) is 10.7 Å². The molecule has 0 heterocycles. The minimum Gasteiger partial charge on any atom is -0.444 e. The Morgan fingerprint density at radius 3 is 2.50 bits per heavy atom. The van der Waals surface area contributed by atoms with Crippen LogP contribution in [-0.2, 0) is 10.3 Å². The van der Waals surface area contributed by atoms with Crippen LogP contribution in [0.3, 0.4) is 0 Å². The molecule has 6 heteroatoms. The van der Waals surface area contributed by atoms with Crippen LogP contribution in [0.4, 0.5) is 10.5 Å². The van der Waals surface area contributed by atoms with Crippen LogP contribution in [0.2, 0.25) is 5.02 Å². The Morgan fingerprint density at radius 2 is 2.00 bits per heavy atom. The lowest BCUT2D eigenvalue weighted by Crippen LogP contribution is -2.37. The van der Waals surface area contributed by atoms with Crippen molar-refractivity contribution in [2.45, 2.75) is 38.8 Å². The predicted octanol–water partition coefficient (Wildman–Crippen LogP) is 2.85. The summed E-state index contributed by atoms with van der Waals surface area (Å²) in [6, 6.07) is 4.88. The van der Waals surface area contributed by atoms with Crippen molar-refractivity contribution in [3.05, 3.63) is 28.8 Å². The molecule has 0 bridgehead atoms. The Hall–Kier alpha value is -1.30. The average molecular weight is 301 g/mol. The van der Waals surface area contributed by atoms with Gasteiger partial charge in [-0.25, -0.2) is 4.79 Å². The highest BCUT2D eigenvalue weighted by Gasteiger charge is 2.24. The number of rotatable bonds is 3. The third kappa shape index (κ3) is 4.67. The van der Waals surface area contributed by atoms with E-state index in [1.165, 1.54) is 0 Å². The maximum absolute atomic E-state index is 11.7. The van der Waals surface area contributed by atoms with Gasteiger partial charge >= 0.3 is 6.09 Å². The molecular weight excluding hydrogens is 280 g/mol. The number of hydrogen-bond donors (Lipinski definition) is 3. The first kappa shape index (κ1) is 16.8. The van der Waals surface area contributed by atoms with Gasteiger partial charge in [-0.05, 0) is 51.5 Å². The van der Waals surface area contributed by atoms with E-state index in [-0.39, 0.29) is 6.61 Å². The van der Waals surface area contributed by atoms with Crippen LogP contribution in [0.5, 0.6) is 0 Å². The van der Waals surface area contributed by atoms with Gasteiger partial charge in [0.1, 0.15) is 5.60 Å². The van der Waals surface area contributed by atoms with Gasteiger partial charge in [0.15, 0.2) is 0 Å². The number of hydrogen-bond acceptors (Lipinski definition) is 4. The third-order valence-electron chi connectivity index (χ3n) is 2.56. The fourth-order valence-corrected chi connectivity index (χ4v) is 1.88. The molecule has 0 radical (unpaired) electrons. The lowest BCUT2D eigenvalue weighted by molar-refractivity contribution is 0.0636. The Bertz CT molecular complexity index is 496. The number of nitrogens with one attached hydrogen (secondary N) is 1. The lowest BCUT2D eigenvalue weighted by Gasteiger charge is -2.24. The minimum atomic E-state index is -0.983. The van der Waals surface area contributed by atoms with Crippen molar-refractivity contribution in [2.75, 3.05) is 11.9 Å². The zero-order valence-corrected chi connectivity index (χ0v) is 12.9. The van der Waals surface area contributed by atoms with Crippen molar-refractivity contribution in [1.82, 2.24) is 0 Å². The Kier molecular flexibility index (Phi) is 5.02. The van der Waals surface area contributed by atoms with Crippen LogP contribution >= 0.6 is 11.6 Å². The monoisotopic (exact) mass is 300 g/mol. The highest BCUT2D eigenvalue weighted by molar-refractivity contribution is 6.31. The van der Waals surface area contributed by atoms with Crippen LogP contribution in [0.1, 0.15) is 33.3 Å². The van der Waals surface area contributed by atoms with E-state index in [4.69, 9.17) is 22.1 Å². The van der Waals surface area contributed by atoms with Crippen molar-refractivity contribution in [1.29, 1.82) is 0 Å². The number of carbonyl (C=O) groups excluding carboxylic acids is 1. The van der Waals surface area contributed by atoms with Crippen LogP contribution in [0.25, 0.3) is 0 Å². The number of aliphatic hydroxyl groups is 1. The normalized spacial score (nSPS) is 14.6. The van der Waals surface area contributed by atoms with Gasteiger partial charge in [-0.2, -0.15) is 0 Å². The summed E-state index contributed by atoms with van der Waals surface area (Å²) in [4.78, 5) is 11.7. The molecule has 0 saturated heterocycles. The van der Waals surface area contributed by atoms with E-state index in [9.17, 15) is 9.90 Å². The van der Waals surface area contributed by atoms with Crippen molar-refractivity contribution in [3.63, 3.8) is 0 Å². The smallest absolute Gasteiger partial charge is 0.412 e. The second kappa shape index (κ2) is 5.99. The molecule has 1 amide bonds. The van der Waals surface area contributed by atoms with E-state index in [0.717, 1.165) is 0 Å². The van der Waals surface area contributed by atoms with E-state index >= 15 is 0 Å². The van der Waals surface area contributed by atoms with E-state index in [1.807, 2.05) is 0 Å². The quantitative estimate of drug-likeness (QED) is 0.801. The van der Waals surface area contributed by atoms with E-state index in [1.54, 1.807) is 45.9 Å². The summed E-state index contributed by atoms with van der Waals surface area (Å²) >= 11 is 6.07. The summed E-state index contributed by atoms with van der Waals surface area (Å²) in [5.74, 6) is 0. The van der Waals surface area contributed by atoms with Crippen LogP contribution < -0.4 is 11.1 Å². The zero-order valence-electron chi connectivity index (χ0n) is 12.2. The summed E-state index contributed by atoms with van der Waals surface area (Å²) in [5, 5.41) is 12.3. The van der Waals surface area contributed by atoms with Gasteiger partial charge in [-0.1, -0.05) is 11.6 Å². The highest BCUT2D eigenvalue weighted by atomic mass is 35.5. The van der Waals surface area contributed by atoms with Crippen LogP contribution in [-0.4, -0.2) is 23.4 Å². The van der Waals surface area contributed by atoms with E-state index < -0.39 is 17.2 Å². The fraction of sp³-hybridized carbons (Fsp3) is 0.500. The maximum atomic E-state index is 11.7. The van der Waals surface area contributed by atoms with E-state index in [0.29, 0.717) is 16.3 Å². The molecule has 1 atom stereocenters. The summed E-state index contributed by atoms with van der Waals surface area (Å²) in [6.45, 7) is 6.74. The van der Waals surface area contributed by atoms with Gasteiger partial charge in [-0.3, -0.25) is 5.32 Å². The van der Waals surface area contributed by atoms with Gasteiger partial charge in [-0.15, -0.1) is 0 Å². The summed E-state index contributed by atoms with van der Waals surface area (Å²) in [5.41, 5.74) is 5.46. The molecule has 4 N–H and O–H groups in total. The maximum Gasteiger partial charge on any atom is 0.412 e. The molecule has 1 aromatic rings. The Balaban J connectivity index is 2.94. The first-order chi connectivity index (χ1) is 9.05. The van der Waals surface area contributed by atoms with E-state index in [2.05, 4.69) is 5.32 Å². The van der Waals surface area contributed by atoms with Crippen molar-refractivity contribution in [2.24, 2.45) is 5.73 Å². The summed E-state index contributed by atoms with van der Waals surface area (Å²) < 4.78 is 5.16. The molecule has 20 heavy (non-hydrogen) atoms. The standard InChI is InChI=1S/C14H21ClN2O3/c1-13(2,3)20-12(19)17-9-5-6-11(15)10(7-9)14(4,16)8-18/h5-7,18H,8,16H2,1-4H3,(H,17,19). The summed E-state index contributed by atoms with van der Waals surface area (Å²) in [7, 11) is 0. The highest BCUT2D eigenvalue weighted by Crippen LogP contribution is 2.29. The number of halogens is 1. The number of anilines is 1. The molecular formula is C14H21ClN2O3. The Labute approximate surface area is 124 Å². The number of nitrogens with two attached hydrogens (primary N) is 1. The van der Waals surface area contributed by atoms with Crippen molar-refractivity contribution < 1.29 is 14.6 Å². The molecule has 112 valence electrons. The first-order valence-corrected chi connectivity index (χ1v) is 6.63. The lowest BCUT2D eigenvalue weighted by atomic mass is 9.94. The van der Waals surface area contributed by atoms with Gasteiger partial charge in [0.2, 0.25) is 0 Å². The van der Waals surface area contributed by atoms with Crippen molar-refractivity contribution in [3.8, 4) is 0 Å². The molecule has 1 unspecified atom stereocenters. The van der Waals surface area contributed by atoms with Crippen LogP contribution in [0.15, 0.2) is 18.2 Å². The molecule has 1 aromatic carbocycles. The number of carbonyl (C=O) groups is 1. The molecule has 0 saturated carbocycles. The predicted molar refractivity (Wildman–Crippen MR) is 79.9 cm³/mol. The molecule has 0 aliphatic rings. The summed E-state index contributed by atoms with van der Waals surface area (Å²) in [6.07, 6.45) is -0.562. The van der Waals surface area contributed by atoms with Crippen LogP contribution in [0, 0.1) is 0 Å². The minimum absolute atomic E-state index is 0.261. The fourth-order valence-electron chi connectivity index (χ4n) is 1.55. The van der Waals surface area contributed by atoms with Gasteiger partial charge in [0.05, 0.1) is 12.1 Å². The number of aliphatic hydroxyl groups excluding tert-OH is 1. The molecule has 0 aliphatic heterocycles. The molecule has 0 fully saturated rings. The second-order valence-electron chi connectivity index (χ2n) is 5.90. The number of ether oxygens (including phenoxy) is 1. The van der Waals surface area contributed by atoms with Crippen molar-refractivity contribution >= 4 is 23.4 Å². The Morgan fingerprint density at radius 1 is 1.40 bits per heavy atom. The number of benzene rings is 1. The molecule has 0 aliphatic carbocycles. The average Bonchev–Trinajstić information content (AvgIpc) is 2.29. The SMILES string of the molecule is CC(C)(C)OC(=O)Nc1ccc(Cl)c(C(C)(N)CO)c1.